The van der Waals surface area contributed by atoms with E-state index in [1.54, 1.807) is 0 Å². The van der Waals surface area contributed by atoms with Gasteiger partial charge in [-0.25, -0.2) is 0 Å². The van der Waals surface area contributed by atoms with Gasteiger partial charge in [-0.2, -0.15) is 0 Å². The van der Waals surface area contributed by atoms with Gasteiger partial charge in [0.2, 0.25) is 5.91 Å². The molecule has 0 aromatic rings. The van der Waals surface area contributed by atoms with Crippen molar-refractivity contribution < 1.29 is 24.5 Å². The van der Waals surface area contributed by atoms with Crippen LogP contribution in [0, 0.1) is 0 Å². The number of hydrogen-bond donors (Lipinski definition) is 3. The SMILES string of the molecule is CCCCCCC/C=C\CCCCCCCC(=O)OCCCCCCCCCCCCCC/C=C\CCCCCCCCCCCCCCC(=O)NC(CO)C(O)CCCCCCCCCCCCCCCCCCCCCCCCCC. The molecule has 2 unspecified atom stereocenters. The van der Waals surface area contributed by atoms with E-state index in [2.05, 4.69) is 43.5 Å². The molecule has 6 heteroatoms. The van der Waals surface area contributed by atoms with Crippen LogP contribution in [0.5, 0.6) is 0 Å². The number of rotatable bonds is 72. The molecule has 0 saturated carbocycles. The maximum absolute atomic E-state index is 12.6. The van der Waals surface area contributed by atoms with Crippen LogP contribution in [-0.4, -0.2) is 47.4 Å². The highest BCUT2D eigenvalue weighted by molar-refractivity contribution is 5.76. The van der Waals surface area contributed by atoms with Gasteiger partial charge >= 0.3 is 5.97 Å². The van der Waals surface area contributed by atoms with Crippen LogP contribution in [0.4, 0.5) is 0 Å². The van der Waals surface area contributed by atoms with Crippen LogP contribution in [0.1, 0.15) is 431 Å². The molecule has 0 bridgehead atoms. The predicted octanol–water partition coefficient (Wildman–Crippen LogP) is 24.9. The van der Waals surface area contributed by atoms with Gasteiger partial charge in [0, 0.05) is 12.8 Å². The molecule has 0 saturated heterocycles. The number of carbonyl (C=O) groups excluding carboxylic acids is 2. The van der Waals surface area contributed by atoms with E-state index in [0.29, 0.717) is 25.9 Å². The minimum atomic E-state index is -0.666. The summed E-state index contributed by atoms with van der Waals surface area (Å²) in [5, 5.41) is 23.5. The van der Waals surface area contributed by atoms with Crippen LogP contribution in [0.15, 0.2) is 24.3 Å². The number of ether oxygens (including phenoxy) is 1. The molecular weight excluding hydrogens is 1020 g/mol. The second kappa shape index (κ2) is 72.8. The zero-order valence-electron chi connectivity index (χ0n) is 56.5. The molecule has 2 atom stereocenters. The lowest BCUT2D eigenvalue weighted by Crippen LogP contribution is -2.45. The Kier molecular flexibility index (Phi) is 71.4. The van der Waals surface area contributed by atoms with Gasteiger partial charge in [0.15, 0.2) is 0 Å². The van der Waals surface area contributed by atoms with Crippen molar-refractivity contribution in [1.82, 2.24) is 5.32 Å². The highest BCUT2D eigenvalue weighted by Gasteiger charge is 2.20. The third kappa shape index (κ3) is 69.3. The minimum absolute atomic E-state index is 0.00825. The average Bonchev–Trinajstić information content (AvgIpc) is 3.48. The van der Waals surface area contributed by atoms with Crippen LogP contribution in [0.25, 0.3) is 0 Å². The van der Waals surface area contributed by atoms with Gasteiger partial charge in [0.1, 0.15) is 0 Å². The van der Waals surface area contributed by atoms with Crippen molar-refractivity contribution >= 4 is 11.9 Å². The molecule has 0 aromatic heterocycles. The maximum atomic E-state index is 12.6. The Hall–Kier alpha value is -1.66. The summed E-state index contributed by atoms with van der Waals surface area (Å²) in [5.41, 5.74) is 0. The van der Waals surface area contributed by atoms with Gasteiger partial charge in [-0.3, -0.25) is 9.59 Å². The van der Waals surface area contributed by atoms with Gasteiger partial charge in [-0.15, -0.1) is 0 Å². The van der Waals surface area contributed by atoms with Crippen LogP contribution in [-0.2, 0) is 14.3 Å². The lowest BCUT2D eigenvalue weighted by molar-refractivity contribution is -0.143. The zero-order chi connectivity index (χ0) is 59.9. The van der Waals surface area contributed by atoms with E-state index < -0.39 is 12.1 Å². The van der Waals surface area contributed by atoms with Crippen LogP contribution >= 0.6 is 0 Å². The second-order valence-electron chi connectivity index (χ2n) is 26.3. The topological polar surface area (TPSA) is 95.9 Å². The first-order valence-corrected chi connectivity index (χ1v) is 38.1. The van der Waals surface area contributed by atoms with Gasteiger partial charge in [0.05, 0.1) is 25.4 Å². The fourth-order valence-corrected chi connectivity index (χ4v) is 12.2. The number of nitrogens with one attached hydrogen (secondary N) is 1. The molecule has 0 spiro atoms. The Morgan fingerprint density at radius 3 is 0.855 bits per heavy atom. The van der Waals surface area contributed by atoms with Crippen molar-refractivity contribution in [2.45, 2.75) is 443 Å². The van der Waals surface area contributed by atoms with Crippen molar-refractivity contribution in [2.24, 2.45) is 0 Å². The van der Waals surface area contributed by atoms with E-state index in [1.807, 2.05) is 0 Å². The highest BCUT2D eigenvalue weighted by atomic mass is 16.5. The standard InChI is InChI=1S/C77H149NO5/c1-3-5-7-9-11-13-15-17-19-20-21-22-23-30-33-36-39-42-45-49-53-57-61-65-69-75(80)74(73-79)78-76(81)70-66-62-58-54-50-46-43-40-37-34-31-28-26-24-25-27-29-32-35-38-41-44-48-52-56-60-64-68-72-83-77(82)71-67-63-59-55-51-47-18-16-14-12-10-8-6-4-2/h16,18,24-25,74-75,79-80H,3-15,17,19-23,26-73H2,1-2H3,(H,78,81)/b18-16-,25-24-. The molecular formula is C77H149NO5. The molecule has 83 heavy (non-hydrogen) atoms. The normalized spacial score (nSPS) is 12.6. The molecule has 0 aromatic carbocycles. The lowest BCUT2D eigenvalue weighted by Gasteiger charge is -2.22. The van der Waals surface area contributed by atoms with E-state index in [1.165, 1.54) is 353 Å². The summed E-state index contributed by atoms with van der Waals surface area (Å²) in [6.45, 7) is 4.99. The third-order valence-electron chi connectivity index (χ3n) is 18.0. The Morgan fingerprint density at radius 2 is 0.566 bits per heavy atom. The van der Waals surface area contributed by atoms with Gasteiger partial charge < -0.3 is 20.3 Å². The largest absolute Gasteiger partial charge is 0.466 e. The van der Waals surface area contributed by atoms with Crippen molar-refractivity contribution in [1.29, 1.82) is 0 Å². The number of allylic oxidation sites excluding steroid dienone is 4. The zero-order valence-corrected chi connectivity index (χ0v) is 56.5. The summed E-state index contributed by atoms with van der Waals surface area (Å²) in [6.07, 6.45) is 92.5. The molecule has 3 N–H and O–H groups in total. The van der Waals surface area contributed by atoms with Crippen molar-refractivity contribution in [3.8, 4) is 0 Å². The van der Waals surface area contributed by atoms with Crippen molar-refractivity contribution in [2.75, 3.05) is 13.2 Å². The van der Waals surface area contributed by atoms with E-state index >= 15 is 0 Å². The maximum Gasteiger partial charge on any atom is 0.305 e. The summed E-state index contributed by atoms with van der Waals surface area (Å²) in [4.78, 5) is 24.6. The van der Waals surface area contributed by atoms with Crippen molar-refractivity contribution in [3.05, 3.63) is 24.3 Å². The summed E-state index contributed by atoms with van der Waals surface area (Å²) >= 11 is 0. The summed E-state index contributed by atoms with van der Waals surface area (Å²) in [5.74, 6) is -0.0213. The Morgan fingerprint density at radius 1 is 0.325 bits per heavy atom. The summed E-state index contributed by atoms with van der Waals surface area (Å²) < 4.78 is 5.49. The molecule has 0 rings (SSSR count). The molecule has 0 heterocycles. The number of aliphatic hydroxyl groups is 2. The highest BCUT2D eigenvalue weighted by Crippen LogP contribution is 2.19. The van der Waals surface area contributed by atoms with Gasteiger partial charge in [0.25, 0.3) is 0 Å². The van der Waals surface area contributed by atoms with Crippen molar-refractivity contribution in [3.63, 3.8) is 0 Å². The third-order valence-corrected chi connectivity index (χ3v) is 18.0. The number of aliphatic hydroxyl groups excluding tert-OH is 2. The molecule has 0 fully saturated rings. The monoisotopic (exact) mass is 1170 g/mol. The smallest absolute Gasteiger partial charge is 0.305 e. The molecule has 6 nitrogen and oxygen atoms in total. The van der Waals surface area contributed by atoms with E-state index in [4.69, 9.17) is 4.74 Å². The quantitative estimate of drug-likeness (QED) is 0.0320. The fourth-order valence-electron chi connectivity index (χ4n) is 12.2. The lowest BCUT2D eigenvalue weighted by atomic mass is 10.0. The van der Waals surface area contributed by atoms with Crippen LogP contribution in [0.2, 0.25) is 0 Å². The van der Waals surface area contributed by atoms with Crippen LogP contribution in [0.3, 0.4) is 0 Å². The van der Waals surface area contributed by atoms with Gasteiger partial charge in [-0.1, -0.05) is 366 Å². The van der Waals surface area contributed by atoms with Crippen LogP contribution < -0.4 is 5.32 Å². The predicted molar refractivity (Wildman–Crippen MR) is 366 cm³/mol. The minimum Gasteiger partial charge on any atom is -0.466 e. The first kappa shape index (κ1) is 81.3. The number of amides is 1. The first-order valence-electron chi connectivity index (χ1n) is 38.1. The molecule has 0 radical (unpaired) electrons. The first-order chi connectivity index (χ1) is 41.0. The Balaban J connectivity index is 3.38. The molecule has 0 aliphatic carbocycles. The van der Waals surface area contributed by atoms with Gasteiger partial charge in [-0.05, 0) is 77.0 Å². The molecule has 0 aliphatic heterocycles. The Labute approximate surface area is 520 Å². The average molecular weight is 1170 g/mol. The summed E-state index contributed by atoms with van der Waals surface area (Å²) in [7, 11) is 0. The molecule has 492 valence electrons. The van der Waals surface area contributed by atoms with E-state index in [0.717, 1.165) is 44.9 Å². The number of esters is 1. The number of carbonyl (C=O) groups is 2. The molecule has 0 aliphatic rings. The summed E-state index contributed by atoms with van der Waals surface area (Å²) in [6, 6.07) is -0.543. The van der Waals surface area contributed by atoms with E-state index in [-0.39, 0.29) is 18.5 Å². The number of unbranched alkanes of at least 4 members (excludes halogenated alkanes) is 57. The fraction of sp³-hybridized carbons (Fsp3) is 0.922. The number of hydrogen-bond acceptors (Lipinski definition) is 5. The van der Waals surface area contributed by atoms with E-state index in [9.17, 15) is 19.8 Å². The molecule has 1 amide bonds. The Bertz CT molecular complexity index is 1300. The second-order valence-corrected chi connectivity index (χ2v) is 26.3.